The molecule has 6 nitrogen and oxygen atoms in total. The summed E-state index contributed by atoms with van der Waals surface area (Å²) in [6.45, 7) is 5.49. The van der Waals surface area contributed by atoms with Crippen LogP contribution in [-0.2, 0) is 4.79 Å². The minimum atomic E-state index is -0.348. The van der Waals surface area contributed by atoms with Crippen LogP contribution in [0.1, 0.15) is 46.4 Å². The normalized spacial score (nSPS) is 16.9. The Hall–Kier alpha value is -3.71. The fraction of sp³-hybridized carbons (Fsp3) is 0.286. The van der Waals surface area contributed by atoms with Crippen LogP contribution >= 0.6 is 0 Å². The van der Waals surface area contributed by atoms with E-state index in [9.17, 15) is 14.0 Å². The molecular formula is C28H29FN4O2. The van der Waals surface area contributed by atoms with Crippen molar-refractivity contribution < 1.29 is 14.0 Å². The SMILES string of the molecule is Cc1c(C(=O)NCCN2CCCCC2)c[nH]c1/C=C1\C(=O)Nc2cccc(-c3ccccc3F)c21. The van der Waals surface area contributed by atoms with Gasteiger partial charge in [-0.2, -0.15) is 0 Å². The molecule has 1 aromatic heterocycles. The Kier molecular flexibility index (Phi) is 6.51. The van der Waals surface area contributed by atoms with Crippen molar-refractivity contribution in [2.24, 2.45) is 0 Å². The highest BCUT2D eigenvalue weighted by atomic mass is 19.1. The van der Waals surface area contributed by atoms with Gasteiger partial charge in [0.05, 0.1) is 11.1 Å². The Balaban J connectivity index is 1.39. The van der Waals surface area contributed by atoms with Crippen LogP contribution in [0.15, 0.2) is 48.7 Å². The second-order valence-electron chi connectivity index (χ2n) is 9.12. The van der Waals surface area contributed by atoms with Crippen LogP contribution in [0.3, 0.4) is 0 Å². The molecule has 5 rings (SSSR count). The first kappa shape index (κ1) is 23.1. The van der Waals surface area contributed by atoms with Crippen LogP contribution in [0, 0.1) is 12.7 Å². The van der Waals surface area contributed by atoms with E-state index in [4.69, 9.17) is 0 Å². The van der Waals surface area contributed by atoms with Gasteiger partial charge in [-0.15, -0.1) is 0 Å². The second kappa shape index (κ2) is 9.88. The predicted molar refractivity (Wildman–Crippen MR) is 136 cm³/mol. The van der Waals surface area contributed by atoms with E-state index in [0.717, 1.165) is 25.2 Å². The van der Waals surface area contributed by atoms with E-state index < -0.39 is 0 Å². The van der Waals surface area contributed by atoms with Crippen molar-refractivity contribution >= 4 is 29.2 Å². The van der Waals surface area contributed by atoms with Crippen molar-refractivity contribution in [1.29, 1.82) is 0 Å². The van der Waals surface area contributed by atoms with Gasteiger partial charge in [-0.05, 0) is 62.2 Å². The molecule has 2 amide bonds. The topological polar surface area (TPSA) is 77.2 Å². The molecule has 3 heterocycles. The van der Waals surface area contributed by atoms with Crippen molar-refractivity contribution in [3.05, 3.63) is 76.9 Å². The largest absolute Gasteiger partial charge is 0.361 e. The number of hydrogen-bond donors (Lipinski definition) is 3. The zero-order valence-corrected chi connectivity index (χ0v) is 19.8. The molecular weight excluding hydrogens is 443 g/mol. The van der Waals surface area contributed by atoms with Gasteiger partial charge in [0.1, 0.15) is 5.82 Å². The van der Waals surface area contributed by atoms with E-state index in [2.05, 4.69) is 20.5 Å². The molecule has 0 aliphatic carbocycles. The summed E-state index contributed by atoms with van der Waals surface area (Å²) in [6, 6.07) is 12.0. The number of piperidine rings is 1. The van der Waals surface area contributed by atoms with Crippen molar-refractivity contribution in [1.82, 2.24) is 15.2 Å². The first-order valence-corrected chi connectivity index (χ1v) is 12.1. The van der Waals surface area contributed by atoms with E-state index in [1.807, 2.05) is 13.0 Å². The number of nitrogens with zero attached hydrogens (tertiary/aromatic N) is 1. The Morgan fingerprint density at radius 2 is 1.86 bits per heavy atom. The molecule has 0 radical (unpaired) electrons. The highest BCUT2D eigenvalue weighted by molar-refractivity contribution is 6.36. The van der Waals surface area contributed by atoms with Gasteiger partial charge in [0, 0.05) is 41.8 Å². The number of aromatic amines is 1. The number of carbonyl (C=O) groups is 2. The Bertz CT molecular complexity index is 1300. The Morgan fingerprint density at radius 1 is 1.09 bits per heavy atom. The lowest BCUT2D eigenvalue weighted by Crippen LogP contribution is -2.37. The zero-order valence-electron chi connectivity index (χ0n) is 19.8. The average molecular weight is 473 g/mol. The van der Waals surface area contributed by atoms with Crippen molar-refractivity contribution in [3.8, 4) is 11.1 Å². The van der Waals surface area contributed by atoms with Gasteiger partial charge in [0.2, 0.25) is 0 Å². The Morgan fingerprint density at radius 3 is 2.66 bits per heavy atom. The van der Waals surface area contributed by atoms with Gasteiger partial charge >= 0.3 is 0 Å². The number of H-pyrrole nitrogens is 1. The van der Waals surface area contributed by atoms with Crippen LogP contribution in [0.25, 0.3) is 22.8 Å². The van der Waals surface area contributed by atoms with E-state index in [0.29, 0.717) is 45.8 Å². The number of rotatable bonds is 6. The molecule has 7 heteroatoms. The number of likely N-dealkylation sites (tertiary alicyclic amines) is 1. The third kappa shape index (κ3) is 4.64. The summed E-state index contributed by atoms with van der Waals surface area (Å²) < 4.78 is 14.6. The molecule has 2 aliphatic heterocycles. The lowest BCUT2D eigenvalue weighted by molar-refractivity contribution is -0.110. The number of fused-ring (bicyclic) bond motifs is 1. The van der Waals surface area contributed by atoms with E-state index in [-0.39, 0.29) is 17.6 Å². The highest BCUT2D eigenvalue weighted by Crippen LogP contribution is 2.41. The third-order valence-corrected chi connectivity index (χ3v) is 6.87. The molecule has 2 aliphatic rings. The van der Waals surface area contributed by atoms with Crippen LogP contribution in [0.5, 0.6) is 0 Å². The number of nitrogens with one attached hydrogen (secondary N) is 3. The molecule has 1 fully saturated rings. The molecule has 35 heavy (non-hydrogen) atoms. The average Bonchev–Trinajstić information content (AvgIpc) is 3.39. The van der Waals surface area contributed by atoms with Crippen molar-refractivity contribution in [2.45, 2.75) is 26.2 Å². The van der Waals surface area contributed by atoms with Gasteiger partial charge in [0.25, 0.3) is 11.8 Å². The number of aromatic nitrogens is 1. The highest BCUT2D eigenvalue weighted by Gasteiger charge is 2.28. The third-order valence-electron chi connectivity index (χ3n) is 6.87. The monoisotopic (exact) mass is 472 g/mol. The fourth-order valence-electron chi connectivity index (χ4n) is 4.94. The summed E-state index contributed by atoms with van der Waals surface area (Å²) >= 11 is 0. The van der Waals surface area contributed by atoms with E-state index in [1.165, 1.54) is 25.3 Å². The van der Waals surface area contributed by atoms with Crippen LogP contribution in [0.4, 0.5) is 10.1 Å². The summed E-state index contributed by atoms with van der Waals surface area (Å²) in [5, 5.41) is 5.89. The Labute approximate surface area is 204 Å². The van der Waals surface area contributed by atoms with Crippen molar-refractivity contribution in [3.63, 3.8) is 0 Å². The van der Waals surface area contributed by atoms with Crippen LogP contribution in [0.2, 0.25) is 0 Å². The standard InChI is InChI=1S/C28H29FN4O2/c1-18-22(27(34)30-12-15-33-13-5-2-6-14-33)17-31-25(18)16-21-26-20(19-8-3-4-10-23(19)29)9-7-11-24(26)32-28(21)35/h3-4,7-11,16-17,31H,2,5-6,12-15H2,1H3,(H,30,34)(H,32,35)/b21-16-. The van der Waals surface area contributed by atoms with E-state index >= 15 is 0 Å². The van der Waals surface area contributed by atoms with Crippen molar-refractivity contribution in [2.75, 3.05) is 31.5 Å². The molecule has 3 aromatic rings. The van der Waals surface area contributed by atoms with Gasteiger partial charge in [-0.25, -0.2) is 4.39 Å². The van der Waals surface area contributed by atoms with Crippen LogP contribution in [-0.4, -0.2) is 47.9 Å². The molecule has 180 valence electrons. The molecule has 2 aromatic carbocycles. The molecule has 1 saturated heterocycles. The smallest absolute Gasteiger partial charge is 0.256 e. The zero-order chi connectivity index (χ0) is 24.4. The maximum absolute atomic E-state index is 14.6. The quantitative estimate of drug-likeness (QED) is 0.450. The lowest BCUT2D eigenvalue weighted by Gasteiger charge is -2.26. The minimum Gasteiger partial charge on any atom is -0.361 e. The molecule has 0 spiro atoms. The van der Waals surface area contributed by atoms with Crippen LogP contribution < -0.4 is 10.6 Å². The van der Waals surface area contributed by atoms with Gasteiger partial charge in [-0.3, -0.25) is 9.59 Å². The van der Waals surface area contributed by atoms with Gasteiger partial charge in [0.15, 0.2) is 0 Å². The summed E-state index contributed by atoms with van der Waals surface area (Å²) in [7, 11) is 0. The molecule has 0 bridgehead atoms. The number of amides is 2. The lowest BCUT2D eigenvalue weighted by atomic mass is 9.94. The molecule has 0 atom stereocenters. The van der Waals surface area contributed by atoms with E-state index in [1.54, 1.807) is 42.6 Å². The number of halogens is 1. The second-order valence-corrected chi connectivity index (χ2v) is 9.12. The summed E-state index contributed by atoms with van der Waals surface area (Å²) in [5.41, 5.74) is 4.79. The first-order chi connectivity index (χ1) is 17.0. The molecule has 0 saturated carbocycles. The number of benzene rings is 2. The summed E-state index contributed by atoms with van der Waals surface area (Å²) in [6.07, 6.45) is 7.14. The molecule has 0 unspecified atom stereocenters. The molecule has 3 N–H and O–H groups in total. The van der Waals surface area contributed by atoms with Gasteiger partial charge in [-0.1, -0.05) is 36.8 Å². The minimum absolute atomic E-state index is 0.135. The maximum Gasteiger partial charge on any atom is 0.256 e. The summed E-state index contributed by atoms with van der Waals surface area (Å²) in [4.78, 5) is 31.2. The number of hydrogen-bond acceptors (Lipinski definition) is 3. The van der Waals surface area contributed by atoms with Gasteiger partial charge < -0.3 is 20.5 Å². The number of carbonyl (C=O) groups excluding carboxylic acids is 2. The summed E-state index contributed by atoms with van der Waals surface area (Å²) in [5.74, 6) is -0.742. The fourth-order valence-corrected chi connectivity index (χ4v) is 4.94. The first-order valence-electron chi connectivity index (χ1n) is 12.1. The number of anilines is 1. The maximum atomic E-state index is 14.6. The predicted octanol–water partition coefficient (Wildman–Crippen LogP) is 4.84.